The Morgan fingerprint density at radius 1 is 1.09 bits per heavy atom. The van der Waals surface area contributed by atoms with Gasteiger partial charge in [-0.1, -0.05) is 23.7 Å². The number of hydrogen-bond donors (Lipinski definition) is 3. The average molecular weight is 323 g/mol. The summed E-state index contributed by atoms with van der Waals surface area (Å²) in [5.74, 6) is 1.06. The predicted molar refractivity (Wildman–Crippen MR) is 92.2 cm³/mol. The number of amidine groups is 1. The lowest BCUT2D eigenvalue weighted by Crippen LogP contribution is -2.58. The highest BCUT2D eigenvalue weighted by Crippen LogP contribution is 2.17. The van der Waals surface area contributed by atoms with Gasteiger partial charge in [0.05, 0.1) is 12.6 Å². The fraction of sp³-hybridized carbons (Fsp3) is 0.438. The van der Waals surface area contributed by atoms with Gasteiger partial charge in [0.25, 0.3) is 0 Å². The summed E-state index contributed by atoms with van der Waals surface area (Å²) in [6, 6.07) is 7.96. The van der Waals surface area contributed by atoms with Gasteiger partial charge >= 0.3 is 0 Å². The molecule has 1 unspecified atom stereocenters. The van der Waals surface area contributed by atoms with Crippen LogP contribution in [0, 0.1) is 0 Å². The zero-order chi connectivity index (χ0) is 15.8. The molecule has 0 fully saturated rings. The molecule has 0 amide bonds. The van der Waals surface area contributed by atoms with Crippen LogP contribution in [-0.4, -0.2) is 36.6 Å². The first kappa shape index (κ1) is 17.1. The normalized spacial score (nSPS) is 20.4. The highest BCUT2D eigenvalue weighted by molar-refractivity contribution is 6.30. The third kappa shape index (κ3) is 4.38. The van der Waals surface area contributed by atoms with Crippen molar-refractivity contribution in [2.24, 2.45) is 16.5 Å². The molecule has 1 aliphatic rings. The minimum Gasteiger partial charge on any atom is -0.330 e. The molecule has 0 spiro atoms. The topological polar surface area (TPSA) is 76.4 Å². The number of rotatable bonds is 9. The molecule has 0 bridgehead atoms. The van der Waals surface area contributed by atoms with Crippen LogP contribution in [0.3, 0.4) is 0 Å². The van der Waals surface area contributed by atoms with Crippen molar-refractivity contribution in [2.45, 2.75) is 19.3 Å². The first-order valence-electron chi connectivity index (χ1n) is 7.72. The molecule has 0 saturated heterocycles. The van der Waals surface area contributed by atoms with Crippen LogP contribution >= 0.6 is 11.6 Å². The summed E-state index contributed by atoms with van der Waals surface area (Å²) in [6.07, 6.45) is 6.59. The van der Waals surface area contributed by atoms with Crippen LogP contribution in [-0.2, 0) is 6.42 Å². The fourth-order valence-electron chi connectivity index (χ4n) is 2.63. The van der Waals surface area contributed by atoms with Crippen LogP contribution in [0.5, 0.6) is 0 Å². The van der Waals surface area contributed by atoms with Crippen molar-refractivity contribution in [3.8, 4) is 0 Å². The van der Waals surface area contributed by atoms with Gasteiger partial charge in [-0.05, 0) is 30.7 Å². The molecular weight excluding hydrogens is 298 g/mol. The van der Waals surface area contributed by atoms with Crippen molar-refractivity contribution in [3.05, 3.63) is 47.3 Å². The van der Waals surface area contributed by atoms with E-state index in [0.29, 0.717) is 17.7 Å². The van der Waals surface area contributed by atoms with Gasteiger partial charge in [0.1, 0.15) is 12.7 Å². The summed E-state index contributed by atoms with van der Waals surface area (Å²) in [7, 11) is 0. The second-order valence-corrected chi connectivity index (χ2v) is 5.84. The van der Waals surface area contributed by atoms with Gasteiger partial charge < -0.3 is 11.5 Å². The zero-order valence-electron chi connectivity index (χ0n) is 12.8. The number of nitrogens with zero attached hydrogens (tertiary/aromatic N) is 2. The van der Waals surface area contributed by atoms with E-state index in [1.807, 2.05) is 18.3 Å². The van der Waals surface area contributed by atoms with Gasteiger partial charge in [-0.2, -0.15) is 10.0 Å². The molecule has 0 aliphatic carbocycles. The first-order chi connectivity index (χ1) is 10.7. The molecule has 1 atom stereocenters. The summed E-state index contributed by atoms with van der Waals surface area (Å²) in [5.41, 5.74) is 16.3. The van der Waals surface area contributed by atoms with Crippen molar-refractivity contribution in [2.75, 3.05) is 26.2 Å². The Morgan fingerprint density at radius 3 is 2.55 bits per heavy atom. The van der Waals surface area contributed by atoms with Crippen molar-refractivity contribution in [3.63, 3.8) is 0 Å². The molecule has 2 rings (SSSR count). The van der Waals surface area contributed by atoms with Crippen molar-refractivity contribution in [1.29, 1.82) is 0 Å². The second-order valence-electron chi connectivity index (χ2n) is 5.40. The molecule has 0 radical (unpaired) electrons. The maximum atomic E-state index is 5.92. The molecule has 120 valence electrons. The number of nitrogens with one attached hydrogen (secondary N) is 1. The lowest BCUT2D eigenvalue weighted by atomic mass is 10.1. The molecule has 5 N–H and O–H groups in total. The third-order valence-corrected chi connectivity index (χ3v) is 4.06. The Kier molecular flexibility index (Phi) is 6.54. The van der Waals surface area contributed by atoms with Gasteiger partial charge in [0.15, 0.2) is 0 Å². The van der Waals surface area contributed by atoms with Gasteiger partial charge in [0.2, 0.25) is 5.84 Å². The van der Waals surface area contributed by atoms with Gasteiger partial charge in [-0.15, -0.1) is 0 Å². The Hall–Kier alpha value is -1.24. The van der Waals surface area contributed by atoms with Gasteiger partial charge in [0, 0.05) is 24.5 Å². The van der Waals surface area contributed by atoms with Crippen LogP contribution in [0.25, 0.3) is 0 Å². The van der Waals surface area contributed by atoms with Gasteiger partial charge in [-0.25, -0.2) is 4.99 Å². The van der Waals surface area contributed by atoms with E-state index in [4.69, 9.17) is 23.1 Å². The molecule has 1 heterocycles. The molecule has 22 heavy (non-hydrogen) atoms. The van der Waals surface area contributed by atoms with E-state index in [1.54, 1.807) is 0 Å². The number of benzene rings is 1. The van der Waals surface area contributed by atoms with E-state index in [0.717, 1.165) is 43.2 Å². The van der Waals surface area contributed by atoms with Gasteiger partial charge in [-0.3, -0.25) is 0 Å². The van der Waals surface area contributed by atoms with Crippen LogP contribution in [0.4, 0.5) is 0 Å². The molecule has 6 heteroatoms. The number of halogens is 1. The lowest BCUT2D eigenvalue weighted by Gasteiger charge is -2.32. The second kappa shape index (κ2) is 8.41. The molecule has 1 aromatic rings. The van der Waals surface area contributed by atoms with Crippen LogP contribution in [0.15, 0.2) is 41.7 Å². The summed E-state index contributed by atoms with van der Waals surface area (Å²) in [5, 5.41) is 0.767. The maximum Gasteiger partial charge on any atom is 0.228 e. The first-order valence-corrected chi connectivity index (χ1v) is 8.10. The average Bonchev–Trinajstić information content (AvgIpc) is 2.91. The van der Waals surface area contributed by atoms with Crippen LogP contribution in [0.1, 0.15) is 18.4 Å². The monoisotopic (exact) mass is 322 g/mol. The van der Waals surface area contributed by atoms with E-state index in [2.05, 4.69) is 28.8 Å². The third-order valence-electron chi connectivity index (χ3n) is 3.81. The Labute approximate surface area is 137 Å². The Balaban J connectivity index is 1.96. The van der Waals surface area contributed by atoms with Crippen LogP contribution in [0.2, 0.25) is 5.02 Å². The van der Waals surface area contributed by atoms with Crippen LogP contribution < -0.4 is 16.9 Å². The van der Waals surface area contributed by atoms with E-state index in [1.165, 1.54) is 5.56 Å². The Morgan fingerprint density at radius 2 is 1.86 bits per heavy atom. The zero-order valence-corrected chi connectivity index (χ0v) is 13.6. The van der Waals surface area contributed by atoms with Crippen molar-refractivity contribution >= 4 is 17.4 Å². The highest BCUT2D eigenvalue weighted by Gasteiger charge is 2.34. The van der Waals surface area contributed by atoms with E-state index in [-0.39, 0.29) is 0 Å². The number of aliphatic imine (C=N–C) groups is 1. The highest BCUT2D eigenvalue weighted by atomic mass is 35.5. The maximum absolute atomic E-state index is 5.92. The molecule has 0 saturated carbocycles. The van der Waals surface area contributed by atoms with E-state index in [9.17, 15) is 0 Å². The summed E-state index contributed by atoms with van der Waals surface area (Å²) < 4.78 is 0.571. The summed E-state index contributed by atoms with van der Waals surface area (Å²) in [4.78, 5) is 4.48. The molecular formula is C16H25ClN5+. The smallest absolute Gasteiger partial charge is 0.228 e. The minimum atomic E-state index is 0.571. The molecule has 0 aromatic heterocycles. The standard InChI is InChI=1S/C16H25ClN5/c17-15-4-2-14(3-5-15)7-10-21-22(12-1-8-18)13-11-20-16(22)6-9-19/h2-5,11,13,21H,1,6-10,12,18-19H2/q+1. The van der Waals surface area contributed by atoms with Crippen molar-refractivity contribution in [1.82, 2.24) is 5.43 Å². The Bertz CT molecular complexity index is 526. The number of quaternary nitrogens is 1. The SMILES string of the molecule is NCCC[N+]1(NCCc2ccc(Cl)cc2)C=CN=C1CCN. The van der Waals surface area contributed by atoms with E-state index >= 15 is 0 Å². The number of nitrogens with two attached hydrogens (primary N) is 2. The fourth-order valence-corrected chi connectivity index (χ4v) is 2.76. The minimum absolute atomic E-state index is 0.571. The summed E-state index contributed by atoms with van der Waals surface area (Å²) >= 11 is 5.92. The quantitative estimate of drug-likeness (QED) is 0.607. The van der Waals surface area contributed by atoms with E-state index < -0.39 is 0 Å². The molecule has 1 aromatic carbocycles. The predicted octanol–water partition coefficient (Wildman–Crippen LogP) is 1.78. The lowest BCUT2D eigenvalue weighted by molar-refractivity contribution is -0.836. The number of hydrogen-bond acceptors (Lipinski definition) is 4. The summed E-state index contributed by atoms with van der Waals surface area (Å²) in [6.45, 7) is 3.01. The largest absolute Gasteiger partial charge is 0.330 e. The molecule has 1 aliphatic heterocycles. The molecule has 5 nitrogen and oxygen atoms in total. The van der Waals surface area contributed by atoms with Crippen molar-refractivity contribution < 1.29 is 4.59 Å².